The van der Waals surface area contributed by atoms with E-state index in [-0.39, 0.29) is 17.6 Å². The summed E-state index contributed by atoms with van der Waals surface area (Å²) in [7, 11) is 0. The van der Waals surface area contributed by atoms with Gasteiger partial charge < -0.3 is 14.6 Å². The molecule has 110 valence electrons. The van der Waals surface area contributed by atoms with Crippen molar-refractivity contribution in [3.05, 3.63) is 42.1 Å². The van der Waals surface area contributed by atoms with Gasteiger partial charge in [-0.2, -0.15) is 5.10 Å². The van der Waals surface area contributed by atoms with Crippen molar-refractivity contribution in [3.8, 4) is 0 Å². The van der Waals surface area contributed by atoms with Gasteiger partial charge >= 0.3 is 0 Å². The molecule has 2 aromatic heterocycles. The third-order valence-electron chi connectivity index (χ3n) is 3.51. The van der Waals surface area contributed by atoms with E-state index in [2.05, 4.69) is 10.4 Å². The summed E-state index contributed by atoms with van der Waals surface area (Å²) in [5, 5.41) is 6.81. The van der Waals surface area contributed by atoms with E-state index in [1.54, 1.807) is 29.9 Å². The molecule has 0 saturated carbocycles. The first kappa shape index (κ1) is 13.4. The van der Waals surface area contributed by atoms with Crippen LogP contribution in [0.15, 0.2) is 35.0 Å². The summed E-state index contributed by atoms with van der Waals surface area (Å²) in [6, 6.07) is 4.73. The summed E-state index contributed by atoms with van der Waals surface area (Å²) in [5.41, 5.74) is 0. The molecule has 0 bridgehead atoms. The highest BCUT2D eigenvalue weighted by Gasteiger charge is 2.31. The van der Waals surface area contributed by atoms with Gasteiger partial charge in [-0.15, -0.1) is 0 Å². The normalized spacial score (nSPS) is 18.6. The van der Waals surface area contributed by atoms with Gasteiger partial charge in [0.15, 0.2) is 5.76 Å². The maximum absolute atomic E-state index is 12.4. The van der Waals surface area contributed by atoms with Crippen molar-refractivity contribution in [2.45, 2.75) is 19.5 Å². The first-order valence-corrected chi connectivity index (χ1v) is 6.80. The molecule has 0 aromatic carbocycles. The van der Waals surface area contributed by atoms with Crippen LogP contribution in [0.4, 0.5) is 0 Å². The molecule has 7 heteroatoms. The van der Waals surface area contributed by atoms with Crippen LogP contribution in [0, 0.1) is 0 Å². The molecule has 1 saturated heterocycles. The van der Waals surface area contributed by atoms with Gasteiger partial charge in [0.2, 0.25) is 5.91 Å². The minimum Gasteiger partial charge on any atom is -0.454 e. The predicted molar refractivity (Wildman–Crippen MR) is 73.5 cm³/mol. The van der Waals surface area contributed by atoms with Crippen LogP contribution in [0.3, 0.4) is 0 Å². The van der Waals surface area contributed by atoms with Crippen LogP contribution in [0.25, 0.3) is 0 Å². The van der Waals surface area contributed by atoms with E-state index in [4.69, 9.17) is 4.42 Å². The smallest absolute Gasteiger partial charge is 0.290 e. The molecule has 1 atom stereocenters. The third-order valence-corrected chi connectivity index (χ3v) is 3.51. The SMILES string of the molecule is CC1C(=O)NCCN1C(=O)c1ccc(Cn2cccn2)o1. The van der Waals surface area contributed by atoms with E-state index in [0.717, 1.165) is 0 Å². The quantitative estimate of drug-likeness (QED) is 0.891. The fourth-order valence-corrected chi connectivity index (χ4v) is 2.33. The number of hydrogen-bond acceptors (Lipinski definition) is 4. The van der Waals surface area contributed by atoms with Crippen LogP contribution in [-0.4, -0.2) is 45.6 Å². The van der Waals surface area contributed by atoms with E-state index >= 15 is 0 Å². The highest BCUT2D eigenvalue weighted by atomic mass is 16.4. The number of piperazine rings is 1. The molecule has 0 spiro atoms. The zero-order chi connectivity index (χ0) is 14.8. The lowest BCUT2D eigenvalue weighted by Gasteiger charge is -2.32. The van der Waals surface area contributed by atoms with Crippen molar-refractivity contribution in [1.82, 2.24) is 20.0 Å². The Hall–Kier alpha value is -2.57. The molecule has 21 heavy (non-hydrogen) atoms. The number of rotatable bonds is 3. The number of carbonyl (C=O) groups is 2. The van der Waals surface area contributed by atoms with Gasteiger partial charge in [-0.3, -0.25) is 14.3 Å². The molecule has 1 unspecified atom stereocenters. The maximum atomic E-state index is 12.4. The van der Waals surface area contributed by atoms with E-state index in [9.17, 15) is 9.59 Å². The first-order chi connectivity index (χ1) is 10.1. The van der Waals surface area contributed by atoms with Crippen LogP contribution >= 0.6 is 0 Å². The van der Waals surface area contributed by atoms with Gasteiger partial charge in [-0.1, -0.05) is 0 Å². The van der Waals surface area contributed by atoms with Crippen LogP contribution in [-0.2, 0) is 11.3 Å². The van der Waals surface area contributed by atoms with E-state index in [0.29, 0.717) is 25.4 Å². The molecule has 1 aliphatic rings. The third kappa shape index (κ3) is 2.67. The Bertz CT molecular complexity index is 647. The average Bonchev–Trinajstić information content (AvgIpc) is 3.13. The predicted octanol–water partition coefficient (Wildman–Crippen LogP) is 0.485. The Morgan fingerprint density at radius 2 is 2.38 bits per heavy atom. The zero-order valence-electron chi connectivity index (χ0n) is 11.7. The number of nitrogens with one attached hydrogen (secondary N) is 1. The molecule has 0 radical (unpaired) electrons. The fraction of sp³-hybridized carbons (Fsp3) is 0.357. The van der Waals surface area contributed by atoms with Gasteiger partial charge in [0, 0.05) is 25.5 Å². The minimum atomic E-state index is -0.481. The molecule has 7 nitrogen and oxygen atoms in total. The molecule has 2 aromatic rings. The number of furan rings is 1. The van der Waals surface area contributed by atoms with Crippen molar-refractivity contribution in [2.75, 3.05) is 13.1 Å². The summed E-state index contributed by atoms with van der Waals surface area (Å²) in [4.78, 5) is 25.5. The van der Waals surface area contributed by atoms with E-state index in [1.165, 1.54) is 4.90 Å². The Morgan fingerprint density at radius 3 is 3.14 bits per heavy atom. The lowest BCUT2D eigenvalue weighted by atomic mass is 10.2. The molecule has 2 amide bonds. The van der Waals surface area contributed by atoms with Gasteiger partial charge in [0.1, 0.15) is 11.8 Å². The summed E-state index contributed by atoms with van der Waals surface area (Å²) in [6.45, 7) is 3.13. The number of carbonyl (C=O) groups excluding carboxylic acids is 2. The minimum absolute atomic E-state index is 0.141. The van der Waals surface area contributed by atoms with Gasteiger partial charge in [0.25, 0.3) is 5.91 Å². The molecular formula is C14H16N4O3. The fourth-order valence-electron chi connectivity index (χ4n) is 2.33. The van der Waals surface area contributed by atoms with Gasteiger partial charge in [-0.05, 0) is 25.1 Å². The molecular weight excluding hydrogens is 272 g/mol. The topological polar surface area (TPSA) is 80.4 Å². The lowest BCUT2D eigenvalue weighted by Crippen LogP contribution is -2.55. The van der Waals surface area contributed by atoms with Crippen LogP contribution < -0.4 is 5.32 Å². The van der Waals surface area contributed by atoms with Crippen LogP contribution in [0.5, 0.6) is 0 Å². The monoisotopic (exact) mass is 288 g/mol. The summed E-state index contributed by atoms with van der Waals surface area (Å²) in [6.07, 6.45) is 3.50. The van der Waals surface area contributed by atoms with E-state index in [1.807, 2.05) is 12.3 Å². The maximum Gasteiger partial charge on any atom is 0.290 e. The molecule has 0 aliphatic carbocycles. The molecule has 1 aliphatic heterocycles. The zero-order valence-corrected chi connectivity index (χ0v) is 11.7. The number of aromatic nitrogens is 2. The number of nitrogens with zero attached hydrogens (tertiary/aromatic N) is 3. The summed E-state index contributed by atoms with van der Waals surface area (Å²) >= 11 is 0. The molecule has 1 N–H and O–H groups in total. The van der Waals surface area contributed by atoms with E-state index < -0.39 is 6.04 Å². The van der Waals surface area contributed by atoms with Crippen LogP contribution in [0.2, 0.25) is 0 Å². The average molecular weight is 288 g/mol. The second-order valence-corrected chi connectivity index (χ2v) is 4.94. The highest BCUT2D eigenvalue weighted by molar-refractivity contribution is 5.96. The number of hydrogen-bond donors (Lipinski definition) is 1. The van der Waals surface area contributed by atoms with Crippen molar-refractivity contribution in [3.63, 3.8) is 0 Å². The van der Waals surface area contributed by atoms with Crippen molar-refractivity contribution < 1.29 is 14.0 Å². The Labute approximate surface area is 121 Å². The molecule has 3 rings (SSSR count). The van der Waals surface area contributed by atoms with Crippen molar-refractivity contribution in [1.29, 1.82) is 0 Å². The van der Waals surface area contributed by atoms with Crippen LogP contribution in [0.1, 0.15) is 23.2 Å². The molecule has 1 fully saturated rings. The lowest BCUT2D eigenvalue weighted by molar-refractivity contribution is -0.127. The summed E-state index contributed by atoms with van der Waals surface area (Å²) in [5.74, 6) is 0.497. The second-order valence-electron chi connectivity index (χ2n) is 4.94. The Balaban J connectivity index is 1.73. The number of amides is 2. The summed E-state index contributed by atoms with van der Waals surface area (Å²) < 4.78 is 7.28. The molecule has 3 heterocycles. The Morgan fingerprint density at radius 1 is 1.52 bits per heavy atom. The second kappa shape index (κ2) is 5.43. The van der Waals surface area contributed by atoms with Crippen molar-refractivity contribution >= 4 is 11.8 Å². The Kier molecular flexibility index (Phi) is 3.47. The van der Waals surface area contributed by atoms with Gasteiger partial charge in [-0.25, -0.2) is 0 Å². The highest BCUT2D eigenvalue weighted by Crippen LogP contribution is 2.15. The van der Waals surface area contributed by atoms with Crippen molar-refractivity contribution in [2.24, 2.45) is 0 Å². The first-order valence-electron chi connectivity index (χ1n) is 6.80. The largest absolute Gasteiger partial charge is 0.454 e. The van der Waals surface area contributed by atoms with Gasteiger partial charge in [0.05, 0.1) is 6.54 Å². The standard InChI is InChI=1S/C14H16N4O3/c1-10-13(19)15-6-8-18(10)14(20)12-4-3-11(21-12)9-17-7-2-5-16-17/h2-5,7,10H,6,8-9H2,1H3,(H,15,19).